The predicted molar refractivity (Wildman–Crippen MR) is 140 cm³/mol. The molecule has 1 atom stereocenters. The summed E-state index contributed by atoms with van der Waals surface area (Å²) in [5.74, 6) is -2.77. The van der Waals surface area contributed by atoms with Gasteiger partial charge in [-0.05, 0) is 63.1 Å². The zero-order chi connectivity index (χ0) is 31.1. The van der Waals surface area contributed by atoms with Gasteiger partial charge >= 0.3 is 12.4 Å². The van der Waals surface area contributed by atoms with Gasteiger partial charge in [-0.25, -0.2) is 13.1 Å². The Morgan fingerprint density at radius 3 is 2.26 bits per heavy atom. The van der Waals surface area contributed by atoms with E-state index in [1.54, 1.807) is 13.8 Å². The van der Waals surface area contributed by atoms with E-state index in [2.05, 4.69) is 5.10 Å². The molecule has 1 aromatic heterocycles. The molecule has 0 bridgehead atoms. The Labute approximate surface area is 238 Å². The second kappa shape index (κ2) is 11.4. The molecule has 2 heterocycles. The van der Waals surface area contributed by atoms with Gasteiger partial charge in [-0.2, -0.15) is 31.4 Å². The fourth-order valence-corrected chi connectivity index (χ4v) is 6.08. The van der Waals surface area contributed by atoms with Crippen molar-refractivity contribution in [1.82, 2.24) is 19.8 Å². The molecule has 15 heteroatoms. The van der Waals surface area contributed by atoms with E-state index in [0.29, 0.717) is 18.4 Å². The van der Waals surface area contributed by atoms with Crippen LogP contribution in [-0.2, 0) is 31.6 Å². The molecule has 2 amide bonds. The number of nitrogens with one attached hydrogen (secondary N) is 2. The van der Waals surface area contributed by atoms with Gasteiger partial charge in [0.15, 0.2) is 5.54 Å². The van der Waals surface area contributed by atoms with Crippen molar-refractivity contribution in [2.75, 3.05) is 0 Å². The third-order valence-electron chi connectivity index (χ3n) is 7.28. The fraction of sp³-hybridized carbons (Fsp3) is 0.519. The minimum absolute atomic E-state index is 0.0950. The number of benzene rings is 1. The standard InChI is InChI=1S/C27H30F6N4O4S/c1-16(2)37-14-12-21(35-37)20-15-25(27(31,32)33,18-8-6-17(7-9-18)5-3-4-13-26(28,29)30)34-23(38)22(20)24(39)36-42(40,41)19-10-11-19/h6-9,12,14,16,19H,3-5,10-11,13,15H2,1-2H3,(H,34,38)(H,36,39). The van der Waals surface area contributed by atoms with Gasteiger partial charge in [-0.1, -0.05) is 24.3 Å². The van der Waals surface area contributed by atoms with Crippen LogP contribution in [0.25, 0.3) is 5.57 Å². The van der Waals surface area contributed by atoms with E-state index in [4.69, 9.17) is 0 Å². The van der Waals surface area contributed by atoms with Gasteiger partial charge in [0.1, 0.15) is 5.57 Å². The van der Waals surface area contributed by atoms with Crippen LogP contribution in [0.5, 0.6) is 0 Å². The highest BCUT2D eigenvalue weighted by atomic mass is 32.2. The number of aryl methyl sites for hydroxylation is 1. The van der Waals surface area contributed by atoms with Crippen molar-refractivity contribution in [2.45, 2.75) is 88.0 Å². The molecule has 0 spiro atoms. The van der Waals surface area contributed by atoms with E-state index in [-0.39, 0.29) is 42.1 Å². The van der Waals surface area contributed by atoms with Gasteiger partial charge in [0.2, 0.25) is 10.0 Å². The number of halogens is 6. The highest BCUT2D eigenvalue weighted by molar-refractivity contribution is 7.91. The van der Waals surface area contributed by atoms with Crippen molar-refractivity contribution < 1.29 is 44.3 Å². The molecular weight excluding hydrogens is 590 g/mol. The Morgan fingerprint density at radius 2 is 1.74 bits per heavy atom. The molecule has 2 N–H and O–H groups in total. The number of sulfonamides is 1. The summed E-state index contributed by atoms with van der Waals surface area (Å²) < 4.78 is 110. The van der Waals surface area contributed by atoms with Crippen LogP contribution in [0.1, 0.15) is 75.2 Å². The maximum absolute atomic E-state index is 14.9. The van der Waals surface area contributed by atoms with Crippen molar-refractivity contribution >= 4 is 27.4 Å². The second-order valence-corrected chi connectivity index (χ2v) is 12.8. The number of amides is 2. The van der Waals surface area contributed by atoms with Gasteiger partial charge in [0.05, 0.1) is 10.9 Å². The Hall–Kier alpha value is -3.36. The fourth-order valence-electron chi connectivity index (χ4n) is 4.80. The maximum atomic E-state index is 14.9. The number of rotatable bonds is 10. The van der Waals surface area contributed by atoms with Gasteiger partial charge in [0.25, 0.3) is 11.8 Å². The number of unbranched alkanes of at least 4 members (excludes halogenated alkanes) is 1. The zero-order valence-electron chi connectivity index (χ0n) is 22.8. The monoisotopic (exact) mass is 620 g/mol. The number of hydrogen-bond donors (Lipinski definition) is 2. The molecule has 1 fully saturated rings. The lowest BCUT2D eigenvalue weighted by atomic mass is 9.77. The van der Waals surface area contributed by atoms with Gasteiger partial charge in [0, 0.05) is 30.7 Å². The van der Waals surface area contributed by atoms with E-state index in [1.165, 1.54) is 29.1 Å². The first-order valence-electron chi connectivity index (χ1n) is 13.3. The Balaban J connectivity index is 1.72. The summed E-state index contributed by atoms with van der Waals surface area (Å²) in [7, 11) is -4.13. The topological polar surface area (TPSA) is 110 Å². The number of alkyl halides is 6. The van der Waals surface area contributed by atoms with Gasteiger partial charge < -0.3 is 5.32 Å². The molecule has 4 rings (SSSR count). The smallest absolute Gasteiger partial charge is 0.334 e. The lowest BCUT2D eigenvalue weighted by molar-refractivity contribution is -0.202. The molecule has 1 aromatic carbocycles. The average Bonchev–Trinajstić information content (AvgIpc) is 3.62. The van der Waals surface area contributed by atoms with Crippen LogP contribution in [0.3, 0.4) is 0 Å². The van der Waals surface area contributed by atoms with Crippen LogP contribution in [0.2, 0.25) is 0 Å². The van der Waals surface area contributed by atoms with Crippen LogP contribution in [0.4, 0.5) is 26.3 Å². The number of carbonyl (C=O) groups is 2. The minimum Gasteiger partial charge on any atom is -0.334 e. The molecule has 42 heavy (non-hydrogen) atoms. The van der Waals surface area contributed by atoms with E-state index in [9.17, 15) is 44.3 Å². The molecule has 1 unspecified atom stereocenters. The van der Waals surface area contributed by atoms with E-state index in [0.717, 1.165) is 12.1 Å². The van der Waals surface area contributed by atoms with Crippen LogP contribution >= 0.6 is 0 Å². The van der Waals surface area contributed by atoms with Crippen molar-refractivity contribution in [3.63, 3.8) is 0 Å². The van der Waals surface area contributed by atoms with Gasteiger partial charge in [-0.3, -0.25) is 14.3 Å². The molecule has 0 saturated heterocycles. The molecule has 2 aliphatic rings. The molecule has 8 nitrogen and oxygen atoms in total. The van der Waals surface area contributed by atoms with Crippen LogP contribution in [0, 0.1) is 0 Å². The van der Waals surface area contributed by atoms with E-state index in [1.807, 2.05) is 10.0 Å². The van der Waals surface area contributed by atoms with Crippen molar-refractivity contribution in [1.29, 1.82) is 0 Å². The third kappa shape index (κ3) is 6.81. The van der Waals surface area contributed by atoms with E-state index >= 15 is 0 Å². The summed E-state index contributed by atoms with van der Waals surface area (Å²) in [5, 5.41) is 5.37. The molecule has 0 radical (unpaired) electrons. The molecule has 230 valence electrons. The van der Waals surface area contributed by atoms with Crippen molar-refractivity contribution in [3.05, 3.63) is 58.9 Å². The Kier molecular flexibility index (Phi) is 8.55. The molecule has 1 aliphatic carbocycles. The number of aromatic nitrogens is 2. The minimum atomic E-state index is -5.08. The lowest BCUT2D eigenvalue weighted by Gasteiger charge is -2.41. The lowest BCUT2D eigenvalue weighted by Crippen LogP contribution is -2.60. The van der Waals surface area contributed by atoms with Crippen molar-refractivity contribution in [2.24, 2.45) is 0 Å². The summed E-state index contributed by atoms with van der Waals surface area (Å²) in [6.45, 7) is 3.53. The Bertz CT molecular complexity index is 1470. The third-order valence-corrected chi connectivity index (χ3v) is 9.09. The summed E-state index contributed by atoms with van der Waals surface area (Å²) in [6.07, 6.45) is -8.95. The van der Waals surface area contributed by atoms with Gasteiger partial charge in [-0.15, -0.1) is 0 Å². The molecule has 1 saturated carbocycles. The largest absolute Gasteiger partial charge is 0.416 e. The van der Waals surface area contributed by atoms with Crippen molar-refractivity contribution in [3.8, 4) is 0 Å². The summed E-state index contributed by atoms with van der Waals surface area (Å²) in [5.41, 5.74) is -4.12. The maximum Gasteiger partial charge on any atom is 0.416 e. The van der Waals surface area contributed by atoms with Crippen LogP contribution in [-0.4, -0.2) is 47.6 Å². The quantitative estimate of drug-likeness (QED) is 0.219. The molecular formula is C27H30F6N4O4S. The molecule has 1 aliphatic heterocycles. The second-order valence-electron chi connectivity index (χ2n) is 10.9. The highest BCUT2D eigenvalue weighted by Crippen LogP contribution is 2.48. The first-order valence-corrected chi connectivity index (χ1v) is 14.9. The predicted octanol–water partition coefficient (Wildman–Crippen LogP) is 5.08. The van der Waals surface area contributed by atoms with Crippen LogP contribution < -0.4 is 10.0 Å². The summed E-state index contributed by atoms with van der Waals surface area (Å²) in [4.78, 5) is 26.5. The SMILES string of the molecule is CC(C)n1ccc(C2=C(C(=O)NS(=O)(=O)C3CC3)C(=O)NC(c3ccc(CCCCC(F)(F)F)cc3)(C(F)(F)F)C2)n1. The zero-order valence-corrected chi connectivity index (χ0v) is 23.6. The van der Waals surface area contributed by atoms with Crippen LogP contribution in [0.15, 0.2) is 42.1 Å². The Morgan fingerprint density at radius 1 is 1.10 bits per heavy atom. The average molecular weight is 621 g/mol. The normalized spacial score (nSPS) is 20.2. The highest BCUT2D eigenvalue weighted by Gasteiger charge is 2.60. The van der Waals surface area contributed by atoms with E-state index < -0.39 is 63.4 Å². The number of hydrogen-bond acceptors (Lipinski definition) is 5. The first kappa shape index (κ1) is 31.6. The molecule has 2 aromatic rings. The summed E-state index contributed by atoms with van der Waals surface area (Å²) in [6, 6.07) is 6.12. The number of carbonyl (C=O) groups excluding carboxylic acids is 2. The number of nitrogens with zero attached hydrogens (tertiary/aromatic N) is 2. The summed E-state index contributed by atoms with van der Waals surface area (Å²) >= 11 is 0. The first-order chi connectivity index (χ1) is 19.4.